The van der Waals surface area contributed by atoms with Gasteiger partial charge in [-0.1, -0.05) is 54.6 Å². The normalized spacial score (nSPS) is 16.1. The maximum Gasteiger partial charge on any atom is 0.260 e. The molecule has 1 saturated heterocycles. The van der Waals surface area contributed by atoms with Gasteiger partial charge < -0.3 is 14.5 Å². The van der Waals surface area contributed by atoms with E-state index >= 15 is 0 Å². The van der Waals surface area contributed by atoms with Gasteiger partial charge in [0.15, 0.2) is 6.61 Å². The number of carbonyl (C=O) groups excluding carboxylic acids is 2. The van der Waals surface area contributed by atoms with Gasteiger partial charge in [0.1, 0.15) is 11.6 Å². The Bertz CT molecular complexity index is 1220. The summed E-state index contributed by atoms with van der Waals surface area (Å²) < 4.78 is 20.0. The van der Waals surface area contributed by atoms with Crippen molar-refractivity contribution in [2.45, 2.75) is 32.2 Å². The zero-order valence-electron chi connectivity index (χ0n) is 20.4. The van der Waals surface area contributed by atoms with Crippen LogP contribution in [0.4, 0.5) is 4.39 Å². The van der Waals surface area contributed by atoms with E-state index in [-0.39, 0.29) is 30.8 Å². The van der Waals surface area contributed by atoms with Gasteiger partial charge in [-0.05, 0) is 55.4 Å². The van der Waals surface area contributed by atoms with E-state index in [1.54, 1.807) is 35.2 Å². The predicted octanol–water partition coefficient (Wildman–Crippen LogP) is 4.88. The lowest BCUT2D eigenvalue weighted by atomic mass is 9.90. The van der Waals surface area contributed by atoms with Gasteiger partial charge in [-0.15, -0.1) is 0 Å². The Morgan fingerprint density at radius 3 is 2.44 bits per heavy atom. The summed E-state index contributed by atoms with van der Waals surface area (Å²) in [6.45, 7) is 2.16. The van der Waals surface area contributed by atoms with Crippen molar-refractivity contribution in [2.75, 3.05) is 26.2 Å². The number of fused-ring (bicyclic) bond motifs is 1. The van der Waals surface area contributed by atoms with Crippen LogP contribution in [0.3, 0.4) is 0 Å². The quantitative estimate of drug-likeness (QED) is 0.478. The van der Waals surface area contributed by atoms with Gasteiger partial charge in [-0.25, -0.2) is 4.39 Å². The minimum Gasteiger partial charge on any atom is -0.483 e. The van der Waals surface area contributed by atoms with E-state index in [9.17, 15) is 14.0 Å². The number of benzene rings is 3. The van der Waals surface area contributed by atoms with Gasteiger partial charge in [0, 0.05) is 42.9 Å². The highest BCUT2D eigenvalue weighted by molar-refractivity contribution is 5.97. The molecule has 5 nitrogen and oxygen atoms in total. The molecule has 3 aromatic rings. The summed E-state index contributed by atoms with van der Waals surface area (Å²) in [5, 5.41) is 0. The van der Waals surface area contributed by atoms with Crippen LogP contribution in [0.15, 0.2) is 72.8 Å². The maximum atomic E-state index is 14.1. The van der Waals surface area contributed by atoms with Gasteiger partial charge in [-0.3, -0.25) is 9.59 Å². The Hall–Kier alpha value is -3.67. The van der Waals surface area contributed by atoms with Crippen LogP contribution in [0.1, 0.15) is 39.9 Å². The van der Waals surface area contributed by atoms with Gasteiger partial charge in [0.25, 0.3) is 11.8 Å². The molecule has 1 fully saturated rings. The molecule has 2 aliphatic heterocycles. The Kier molecular flexibility index (Phi) is 7.31. The van der Waals surface area contributed by atoms with Crippen molar-refractivity contribution in [3.63, 3.8) is 0 Å². The summed E-state index contributed by atoms with van der Waals surface area (Å²) >= 11 is 0. The summed E-state index contributed by atoms with van der Waals surface area (Å²) in [5.74, 6) is 0.706. The Labute approximate surface area is 211 Å². The fraction of sp³-hybridized carbons (Fsp3) is 0.333. The third kappa shape index (κ3) is 5.43. The molecule has 2 aliphatic rings. The highest BCUT2D eigenvalue weighted by Gasteiger charge is 2.28. The van der Waals surface area contributed by atoms with Crippen molar-refractivity contribution < 1.29 is 18.7 Å². The van der Waals surface area contributed by atoms with Crippen LogP contribution in [0.5, 0.6) is 5.75 Å². The van der Waals surface area contributed by atoms with Gasteiger partial charge in [-0.2, -0.15) is 0 Å². The lowest BCUT2D eigenvalue weighted by molar-refractivity contribution is -0.134. The second-order valence-electron chi connectivity index (χ2n) is 9.65. The third-order valence-corrected chi connectivity index (χ3v) is 7.29. The summed E-state index contributed by atoms with van der Waals surface area (Å²) in [6, 6.07) is 22.4. The fourth-order valence-electron chi connectivity index (χ4n) is 5.23. The second kappa shape index (κ2) is 10.9. The molecule has 0 bridgehead atoms. The number of hydrogen-bond acceptors (Lipinski definition) is 3. The average molecular weight is 487 g/mol. The van der Waals surface area contributed by atoms with Gasteiger partial charge in [0.2, 0.25) is 0 Å². The van der Waals surface area contributed by atoms with Gasteiger partial charge in [0.05, 0.1) is 0 Å². The fourth-order valence-corrected chi connectivity index (χ4v) is 5.23. The first-order valence-electron chi connectivity index (χ1n) is 12.7. The molecule has 0 N–H and O–H groups in total. The molecule has 2 amide bonds. The smallest absolute Gasteiger partial charge is 0.260 e. The number of rotatable bonds is 7. The zero-order chi connectivity index (χ0) is 24.9. The molecular weight excluding hydrogens is 455 g/mol. The summed E-state index contributed by atoms with van der Waals surface area (Å²) in [6.07, 6.45) is 3.64. The van der Waals surface area contributed by atoms with Crippen molar-refractivity contribution in [2.24, 2.45) is 5.92 Å². The average Bonchev–Trinajstić information content (AvgIpc) is 2.91. The van der Waals surface area contributed by atoms with Crippen LogP contribution in [-0.2, 0) is 24.2 Å². The van der Waals surface area contributed by atoms with Crippen molar-refractivity contribution >= 4 is 11.8 Å². The Morgan fingerprint density at radius 2 is 1.67 bits per heavy atom. The van der Waals surface area contributed by atoms with Gasteiger partial charge >= 0.3 is 0 Å². The number of amides is 2. The van der Waals surface area contributed by atoms with Crippen LogP contribution in [0.2, 0.25) is 0 Å². The zero-order valence-corrected chi connectivity index (χ0v) is 20.4. The summed E-state index contributed by atoms with van der Waals surface area (Å²) in [4.78, 5) is 29.5. The number of nitrogens with zero attached hydrogens (tertiary/aromatic N) is 2. The molecule has 6 heteroatoms. The molecule has 0 spiro atoms. The maximum absolute atomic E-state index is 14.1. The van der Waals surface area contributed by atoms with E-state index in [1.165, 1.54) is 11.6 Å². The number of likely N-dealkylation sites (tertiary alicyclic amines) is 1. The van der Waals surface area contributed by atoms with E-state index < -0.39 is 0 Å². The van der Waals surface area contributed by atoms with E-state index in [0.29, 0.717) is 35.8 Å². The standard InChI is InChI=1S/C30H31FN2O3/c31-27-11-5-4-9-24(27)20-33-18-15-25-26(30(33)35)10-6-12-28(25)36-21-29(34)32-16-13-23(14-17-32)19-22-7-2-1-3-8-22/h1-12,23H,13-21H2. The highest BCUT2D eigenvalue weighted by atomic mass is 19.1. The molecule has 0 unspecified atom stereocenters. The summed E-state index contributed by atoms with van der Waals surface area (Å²) in [5.41, 5.74) is 3.23. The lowest BCUT2D eigenvalue weighted by Crippen LogP contribution is -2.41. The van der Waals surface area contributed by atoms with Crippen LogP contribution in [0.25, 0.3) is 0 Å². The van der Waals surface area contributed by atoms with Crippen LogP contribution >= 0.6 is 0 Å². The van der Waals surface area contributed by atoms with E-state index in [1.807, 2.05) is 17.0 Å². The molecule has 0 aliphatic carbocycles. The van der Waals surface area contributed by atoms with E-state index in [0.717, 1.165) is 37.9 Å². The Morgan fingerprint density at radius 1 is 0.917 bits per heavy atom. The molecule has 2 heterocycles. The first kappa shape index (κ1) is 24.0. The Balaban J connectivity index is 1.16. The van der Waals surface area contributed by atoms with E-state index in [2.05, 4.69) is 24.3 Å². The number of hydrogen-bond donors (Lipinski definition) is 0. The van der Waals surface area contributed by atoms with Crippen molar-refractivity contribution in [3.8, 4) is 5.75 Å². The molecule has 0 atom stereocenters. The summed E-state index contributed by atoms with van der Waals surface area (Å²) in [7, 11) is 0. The van der Waals surface area contributed by atoms with Crippen LogP contribution in [-0.4, -0.2) is 47.9 Å². The first-order chi connectivity index (χ1) is 17.6. The number of piperidine rings is 1. The highest BCUT2D eigenvalue weighted by Crippen LogP contribution is 2.29. The number of carbonyl (C=O) groups is 2. The minimum atomic E-state index is -0.309. The van der Waals surface area contributed by atoms with Crippen LogP contribution in [0, 0.1) is 11.7 Å². The number of halogens is 1. The van der Waals surface area contributed by atoms with Crippen LogP contribution < -0.4 is 4.74 Å². The van der Waals surface area contributed by atoms with Crippen molar-refractivity contribution in [3.05, 3.63) is 101 Å². The third-order valence-electron chi connectivity index (χ3n) is 7.29. The monoisotopic (exact) mass is 486 g/mol. The number of ether oxygens (including phenoxy) is 1. The topological polar surface area (TPSA) is 49.9 Å². The minimum absolute atomic E-state index is 0.0194. The molecule has 36 heavy (non-hydrogen) atoms. The van der Waals surface area contributed by atoms with E-state index in [4.69, 9.17) is 4.74 Å². The molecular formula is C30H31FN2O3. The van der Waals surface area contributed by atoms with Crippen molar-refractivity contribution in [1.29, 1.82) is 0 Å². The molecule has 5 rings (SSSR count). The molecule has 186 valence electrons. The largest absolute Gasteiger partial charge is 0.483 e. The molecule has 3 aromatic carbocycles. The molecule has 0 radical (unpaired) electrons. The molecule has 0 saturated carbocycles. The van der Waals surface area contributed by atoms with Crippen molar-refractivity contribution in [1.82, 2.24) is 9.80 Å². The first-order valence-corrected chi connectivity index (χ1v) is 12.7. The molecule has 0 aromatic heterocycles. The predicted molar refractivity (Wildman–Crippen MR) is 136 cm³/mol. The SMILES string of the molecule is O=C(COc1cccc2c1CCN(Cc1ccccc1F)C2=O)N1CCC(Cc2ccccc2)CC1. The second-order valence-corrected chi connectivity index (χ2v) is 9.65. The lowest BCUT2D eigenvalue weighted by Gasteiger charge is -2.32.